The summed E-state index contributed by atoms with van der Waals surface area (Å²) in [5, 5.41) is 3.96. The van der Waals surface area contributed by atoms with Gasteiger partial charge in [-0.25, -0.2) is 9.97 Å². The van der Waals surface area contributed by atoms with Crippen molar-refractivity contribution in [3.8, 4) is 5.88 Å². The molecule has 0 saturated carbocycles. The van der Waals surface area contributed by atoms with Crippen LogP contribution in [0.15, 0.2) is 36.5 Å². The molecule has 0 aliphatic carbocycles. The highest BCUT2D eigenvalue weighted by molar-refractivity contribution is 7.22. The number of rotatable bonds is 4. The molecule has 25 heavy (non-hydrogen) atoms. The van der Waals surface area contributed by atoms with Gasteiger partial charge < -0.3 is 9.47 Å². The van der Waals surface area contributed by atoms with Crippen LogP contribution in [0.1, 0.15) is 16.8 Å². The van der Waals surface area contributed by atoms with E-state index in [9.17, 15) is 4.79 Å². The van der Waals surface area contributed by atoms with E-state index in [0.717, 1.165) is 16.6 Å². The van der Waals surface area contributed by atoms with Gasteiger partial charge in [-0.05, 0) is 24.3 Å². The molecule has 2 aromatic heterocycles. The second kappa shape index (κ2) is 6.95. The van der Waals surface area contributed by atoms with Crippen LogP contribution in [0, 0.1) is 0 Å². The number of fused-ring (bicyclic) bond motifs is 1. The summed E-state index contributed by atoms with van der Waals surface area (Å²) >= 11 is 7.35. The van der Waals surface area contributed by atoms with Gasteiger partial charge in [0.25, 0.3) is 5.91 Å². The van der Waals surface area contributed by atoms with Crippen molar-refractivity contribution in [1.29, 1.82) is 0 Å². The summed E-state index contributed by atoms with van der Waals surface area (Å²) in [7, 11) is 0. The molecule has 4 rings (SSSR count). The van der Waals surface area contributed by atoms with Gasteiger partial charge >= 0.3 is 0 Å². The van der Waals surface area contributed by atoms with Gasteiger partial charge in [0, 0.05) is 29.3 Å². The van der Waals surface area contributed by atoms with Gasteiger partial charge in [0.1, 0.15) is 6.10 Å². The van der Waals surface area contributed by atoms with E-state index in [1.54, 1.807) is 24.4 Å². The maximum Gasteiger partial charge on any atom is 0.257 e. The summed E-state index contributed by atoms with van der Waals surface area (Å²) in [6, 6.07) is 8.68. The van der Waals surface area contributed by atoms with E-state index < -0.39 is 0 Å². The van der Waals surface area contributed by atoms with E-state index in [1.165, 1.54) is 11.3 Å². The monoisotopic (exact) mass is 375 g/mol. The lowest BCUT2D eigenvalue weighted by Crippen LogP contribution is -2.17. The lowest BCUT2D eigenvalue weighted by atomic mass is 10.2. The molecule has 1 atom stereocenters. The van der Waals surface area contributed by atoms with Crippen LogP contribution in [-0.4, -0.2) is 35.2 Å². The molecule has 0 radical (unpaired) electrons. The second-order valence-corrected chi connectivity index (χ2v) is 7.04. The van der Waals surface area contributed by atoms with E-state index in [1.807, 2.05) is 12.1 Å². The van der Waals surface area contributed by atoms with Crippen LogP contribution < -0.4 is 10.1 Å². The minimum Gasteiger partial charge on any atom is -0.472 e. The van der Waals surface area contributed by atoms with Crippen molar-refractivity contribution in [2.24, 2.45) is 0 Å². The smallest absolute Gasteiger partial charge is 0.257 e. The Kier molecular flexibility index (Phi) is 4.52. The number of nitrogens with one attached hydrogen (secondary N) is 1. The third kappa shape index (κ3) is 3.73. The molecule has 1 unspecified atom stereocenters. The summed E-state index contributed by atoms with van der Waals surface area (Å²) in [5.74, 6) is 0.152. The molecular formula is C17H14ClN3O3S. The van der Waals surface area contributed by atoms with Crippen molar-refractivity contribution in [3.05, 3.63) is 47.1 Å². The molecular weight excluding hydrogens is 362 g/mol. The average molecular weight is 376 g/mol. The van der Waals surface area contributed by atoms with Gasteiger partial charge in [-0.1, -0.05) is 22.9 Å². The van der Waals surface area contributed by atoms with Gasteiger partial charge in [-0.2, -0.15) is 0 Å². The Morgan fingerprint density at radius 3 is 3.12 bits per heavy atom. The van der Waals surface area contributed by atoms with E-state index in [2.05, 4.69) is 15.3 Å². The molecule has 1 saturated heterocycles. The molecule has 1 aliphatic heterocycles. The number of amides is 1. The Bertz CT molecular complexity index is 924. The minimum absolute atomic E-state index is 0.0141. The van der Waals surface area contributed by atoms with E-state index in [4.69, 9.17) is 21.1 Å². The summed E-state index contributed by atoms with van der Waals surface area (Å²) in [4.78, 5) is 21.0. The fourth-order valence-corrected chi connectivity index (χ4v) is 3.65. The number of carbonyl (C=O) groups is 1. The number of anilines is 1. The van der Waals surface area contributed by atoms with Gasteiger partial charge in [0.15, 0.2) is 5.13 Å². The Balaban J connectivity index is 1.49. The number of nitrogens with zero attached hydrogens (tertiary/aromatic N) is 2. The highest BCUT2D eigenvalue weighted by atomic mass is 35.5. The number of hydrogen-bond acceptors (Lipinski definition) is 6. The molecule has 1 fully saturated rings. The van der Waals surface area contributed by atoms with E-state index in [-0.39, 0.29) is 12.0 Å². The van der Waals surface area contributed by atoms with Crippen molar-refractivity contribution in [2.45, 2.75) is 12.5 Å². The summed E-state index contributed by atoms with van der Waals surface area (Å²) in [5.41, 5.74) is 1.26. The first-order valence-corrected chi connectivity index (χ1v) is 8.95. The Hall–Kier alpha value is -2.22. The summed E-state index contributed by atoms with van der Waals surface area (Å²) < 4.78 is 11.9. The average Bonchev–Trinajstić information content (AvgIpc) is 3.24. The van der Waals surface area contributed by atoms with Gasteiger partial charge in [-0.15, -0.1) is 0 Å². The fourth-order valence-electron chi connectivity index (χ4n) is 2.51. The quantitative estimate of drug-likeness (QED) is 0.751. The summed E-state index contributed by atoms with van der Waals surface area (Å²) in [6.45, 7) is 1.23. The molecule has 3 aromatic rings. The molecule has 8 heteroatoms. The zero-order chi connectivity index (χ0) is 17.2. The van der Waals surface area contributed by atoms with Crippen molar-refractivity contribution < 1.29 is 14.3 Å². The van der Waals surface area contributed by atoms with Crippen molar-refractivity contribution >= 4 is 44.2 Å². The van der Waals surface area contributed by atoms with Crippen molar-refractivity contribution in [1.82, 2.24) is 9.97 Å². The van der Waals surface area contributed by atoms with Crippen LogP contribution in [0.4, 0.5) is 5.13 Å². The number of aromatic nitrogens is 2. The highest BCUT2D eigenvalue weighted by Gasteiger charge is 2.18. The first-order valence-electron chi connectivity index (χ1n) is 7.75. The normalized spacial score (nSPS) is 16.9. The van der Waals surface area contributed by atoms with E-state index in [0.29, 0.717) is 34.8 Å². The molecule has 1 amide bonds. The van der Waals surface area contributed by atoms with E-state index >= 15 is 0 Å². The maximum absolute atomic E-state index is 12.5. The van der Waals surface area contributed by atoms with Gasteiger partial charge in [0.2, 0.25) is 5.88 Å². The number of thiazole rings is 1. The van der Waals surface area contributed by atoms with Crippen LogP contribution >= 0.6 is 22.9 Å². The molecule has 6 nitrogen and oxygen atoms in total. The Labute approximate surface area is 152 Å². The predicted octanol–water partition coefficient (Wildman–Crippen LogP) is 3.76. The molecule has 1 aliphatic rings. The standard InChI is InChI=1S/C17H14ClN3O3S/c18-11-1-2-13-14(8-11)25-17(20-13)21-16(22)10-3-5-19-15(7-10)24-12-4-6-23-9-12/h1-3,5,7-8,12H,4,6,9H2,(H,20,21,22). The van der Waals surface area contributed by atoms with Crippen molar-refractivity contribution in [3.63, 3.8) is 0 Å². The van der Waals surface area contributed by atoms with Crippen LogP contribution in [0.3, 0.4) is 0 Å². The van der Waals surface area contributed by atoms with Gasteiger partial charge in [-0.3, -0.25) is 10.1 Å². The topological polar surface area (TPSA) is 73.3 Å². The molecule has 1 N–H and O–H groups in total. The molecule has 3 heterocycles. The fraction of sp³-hybridized carbons (Fsp3) is 0.235. The predicted molar refractivity (Wildman–Crippen MR) is 96.7 cm³/mol. The Morgan fingerprint density at radius 2 is 2.28 bits per heavy atom. The number of pyridine rings is 1. The van der Waals surface area contributed by atoms with Gasteiger partial charge in [0.05, 0.1) is 23.4 Å². The molecule has 128 valence electrons. The number of carbonyl (C=O) groups excluding carboxylic acids is 1. The Morgan fingerprint density at radius 1 is 1.36 bits per heavy atom. The third-order valence-electron chi connectivity index (χ3n) is 3.74. The minimum atomic E-state index is -0.264. The highest BCUT2D eigenvalue weighted by Crippen LogP contribution is 2.28. The SMILES string of the molecule is O=C(Nc1nc2ccc(Cl)cc2s1)c1ccnc(OC2CCOC2)c1. The zero-order valence-electron chi connectivity index (χ0n) is 13.1. The lowest BCUT2D eigenvalue weighted by Gasteiger charge is -2.11. The van der Waals surface area contributed by atoms with Crippen LogP contribution in [-0.2, 0) is 4.74 Å². The first-order chi connectivity index (χ1) is 12.2. The summed E-state index contributed by atoms with van der Waals surface area (Å²) in [6.07, 6.45) is 2.37. The van der Waals surface area contributed by atoms with Crippen LogP contribution in [0.5, 0.6) is 5.88 Å². The largest absolute Gasteiger partial charge is 0.472 e. The van der Waals surface area contributed by atoms with Crippen LogP contribution in [0.25, 0.3) is 10.2 Å². The first kappa shape index (κ1) is 16.3. The van der Waals surface area contributed by atoms with Crippen molar-refractivity contribution in [2.75, 3.05) is 18.5 Å². The van der Waals surface area contributed by atoms with Crippen LogP contribution in [0.2, 0.25) is 5.02 Å². The number of hydrogen-bond donors (Lipinski definition) is 1. The lowest BCUT2D eigenvalue weighted by molar-refractivity contribution is 0.102. The number of benzene rings is 1. The number of ether oxygens (including phenoxy) is 2. The molecule has 1 aromatic carbocycles. The number of halogens is 1. The third-order valence-corrected chi connectivity index (χ3v) is 4.91. The second-order valence-electron chi connectivity index (χ2n) is 5.57. The zero-order valence-corrected chi connectivity index (χ0v) is 14.6. The maximum atomic E-state index is 12.5. The molecule has 0 spiro atoms. The molecule has 0 bridgehead atoms.